The van der Waals surface area contributed by atoms with Crippen LogP contribution in [-0.4, -0.2) is 30.6 Å². The highest BCUT2D eigenvalue weighted by molar-refractivity contribution is 5.81. The number of piperidine rings is 1. The molecule has 0 aliphatic carbocycles. The zero-order valence-corrected chi connectivity index (χ0v) is 12.5. The van der Waals surface area contributed by atoms with Crippen molar-refractivity contribution in [1.82, 2.24) is 10.6 Å². The summed E-state index contributed by atoms with van der Waals surface area (Å²) in [6, 6.07) is 8.26. The fraction of sp³-hybridized carbons (Fsp3) is 0.562. The van der Waals surface area contributed by atoms with Crippen molar-refractivity contribution in [3.8, 4) is 5.75 Å². The summed E-state index contributed by atoms with van der Waals surface area (Å²) in [5, 5.41) is 6.45. The topological polar surface area (TPSA) is 50.4 Å². The van der Waals surface area contributed by atoms with E-state index in [2.05, 4.69) is 17.6 Å². The van der Waals surface area contributed by atoms with E-state index in [9.17, 15) is 4.79 Å². The van der Waals surface area contributed by atoms with E-state index in [-0.39, 0.29) is 11.9 Å². The molecule has 4 heteroatoms. The lowest BCUT2D eigenvalue weighted by Gasteiger charge is -2.31. The van der Waals surface area contributed by atoms with Crippen molar-refractivity contribution in [1.29, 1.82) is 0 Å². The first kappa shape index (κ1) is 14.9. The molecule has 110 valence electrons. The summed E-state index contributed by atoms with van der Waals surface area (Å²) in [6.45, 7) is 6.95. The molecule has 0 spiro atoms. The van der Waals surface area contributed by atoms with Crippen LogP contribution in [0.25, 0.3) is 0 Å². The van der Waals surface area contributed by atoms with E-state index < -0.39 is 6.10 Å². The van der Waals surface area contributed by atoms with Crippen LogP contribution in [0.5, 0.6) is 5.75 Å². The minimum absolute atomic E-state index is 0.0499. The maximum atomic E-state index is 12.2. The highest BCUT2D eigenvalue weighted by Crippen LogP contribution is 2.14. The van der Waals surface area contributed by atoms with Crippen LogP contribution in [0.3, 0.4) is 0 Å². The predicted molar refractivity (Wildman–Crippen MR) is 79.9 cm³/mol. The van der Waals surface area contributed by atoms with Crippen molar-refractivity contribution in [3.63, 3.8) is 0 Å². The van der Waals surface area contributed by atoms with Crippen molar-refractivity contribution in [2.24, 2.45) is 0 Å². The van der Waals surface area contributed by atoms with Gasteiger partial charge in [0.05, 0.1) is 0 Å². The molecule has 3 unspecified atom stereocenters. The Hall–Kier alpha value is -1.55. The summed E-state index contributed by atoms with van der Waals surface area (Å²) in [6.07, 6.45) is 1.64. The second-order valence-corrected chi connectivity index (χ2v) is 5.57. The number of rotatable bonds is 4. The van der Waals surface area contributed by atoms with Crippen molar-refractivity contribution >= 4 is 5.91 Å². The third kappa shape index (κ3) is 3.97. The quantitative estimate of drug-likeness (QED) is 0.884. The van der Waals surface area contributed by atoms with E-state index in [0.29, 0.717) is 6.04 Å². The van der Waals surface area contributed by atoms with Crippen LogP contribution in [-0.2, 0) is 4.79 Å². The predicted octanol–water partition coefficient (Wildman–Crippen LogP) is 2.02. The summed E-state index contributed by atoms with van der Waals surface area (Å²) in [5.74, 6) is 0.680. The second kappa shape index (κ2) is 6.75. The number of carbonyl (C=O) groups excluding carboxylic acids is 1. The van der Waals surface area contributed by atoms with Crippen LogP contribution < -0.4 is 15.4 Å². The molecule has 1 aromatic rings. The first-order chi connectivity index (χ1) is 9.56. The molecule has 0 aromatic heterocycles. The van der Waals surface area contributed by atoms with Crippen molar-refractivity contribution in [2.75, 3.05) is 6.54 Å². The molecule has 3 atom stereocenters. The maximum absolute atomic E-state index is 12.2. The number of amides is 1. The third-order valence-corrected chi connectivity index (χ3v) is 3.79. The van der Waals surface area contributed by atoms with Crippen LogP contribution in [0.15, 0.2) is 24.3 Å². The normalized spacial score (nSPS) is 23.9. The van der Waals surface area contributed by atoms with Gasteiger partial charge in [-0.1, -0.05) is 17.7 Å². The van der Waals surface area contributed by atoms with Gasteiger partial charge in [0.25, 0.3) is 5.91 Å². The van der Waals surface area contributed by atoms with E-state index >= 15 is 0 Å². The number of aryl methyl sites for hydroxylation is 1. The zero-order valence-electron chi connectivity index (χ0n) is 12.5. The minimum Gasteiger partial charge on any atom is -0.481 e. The molecule has 1 amide bonds. The molecule has 0 saturated carbocycles. The summed E-state index contributed by atoms with van der Waals surface area (Å²) < 4.78 is 5.68. The van der Waals surface area contributed by atoms with Crippen molar-refractivity contribution in [2.45, 2.75) is 51.8 Å². The van der Waals surface area contributed by atoms with Gasteiger partial charge in [-0.15, -0.1) is 0 Å². The Labute approximate surface area is 120 Å². The molecule has 20 heavy (non-hydrogen) atoms. The average molecular weight is 276 g/mol. The van der Waals surface area contributed by atoms with Crippen LogP contribution in [0.4, 0.5) is 0 Å². The van der Waals surface area contributed by atoms with Gasteiger partial charge in [-0.25, -0.2) is 0 Å². The Kier molecular flexibility index (Phi) is 5.01. The number of hydrogen-bond acceptors (Lipinski definition) is 3. The highest BCUT2D eigenvalue weighted by Gasteiger charge is 2.25. The van der Waals surface area contributed by atoms with E-state index in [4.69, 9.17) is 4.74 Å². The molecule has 1 aromatic carbocycles. The van der Waals surface area contributed by atoms with Crippen LogP contribution in [0, 0.1) is 6.92 Å². The van der Waals surface area contributed by atoms with Gasteiger partial charge in [-0.2, -0.15) is 0 Å². The summed E-state index contributed by atoms with van der Waals surface area (Å²) in [7, 11) is 0. The number of ether oxygens (including phenoxy) is 1. The maximum Gasteiger partial charge on any atom is 0.261 e. The summed E-state index contributed by atoms with van der Waals surface area (Å²) in [4.78, 5) is 12.2. The van der Waals surface area contributed by atoms with Crippen LogP contribution in [0.1, 0.15) is 32.3 Å². The molecule has 0 radical (unpaired) electrons. The number of carbonyl (C=O) groups is 1. The van der Waals surface area contributed by atoms with Crippen molar-refractivity contribution in [3.05, 3.63) is 29.8 Å². The van der Waals surface area contributed by atoms with E-state index in [1.807, 2.05) is 31.2 Å². The molecule has 4 nitrogen and oxygen atoms in total. The first-order valence-electron chi connectivity index (χ1n) is 7.33. The van der Waals surface area contributed by atoms with Gasteiger partial charge in [-0.3, -0.25) is 4.79 Å². The van der Waals surface area contributed by atoms with Gasteiger partial charge < -0.3 is 15.4 Å². The van der Waals surface area contributed by atoms with Gasteiger partial charge in [-0.05, 0) is 52.3 Å². The lowest BCUT2D eigenvalue weighted by Crippen LogP contribution is -2.54. The lowest BCUT2D eigenvalue weighted by molar-refractivity contribution is -0.128. The molecule has 1 aliphatic heterocycles. The fourth-order valence-corrected chi connectivity index (χ4v) is 2.42. The molecule has 2 N–H and O–H groups in total. The molecule has 1 aliphatic rings. The van der Waals surface area contributed by atoms with E-state index in [0.717, 1.165) is 25.1 Å². The Morgan fingerprint density at radius 3 is 2.75 bits per heavy atom. The Morgan fingerprint density at radius 1 is 1.40 bits per heavy atom. The number of benzene rings is 1. The minimum atomic E-state index is -0.480. The van der Waals surface area contributed by atoms with E-state index in [1.165, 1.54) is 5.56 Å². The molecule has 0 bridgehead atoms. The Morgan fingerprint density at radius 2 is 2.10 bits per heavy atom. The lowest BCUT2D eigenvalue weighted by atomic mass is 10.00. The van der Waals surface area contributed by atoms with Gasteiger partial charge in [0.1, 0.15) is 5.75 Å². The van der Waals surface area contributed by atoms with Crippen molar-refractivity contribution < 1.29 is 9.53 Å². The van der Waals surface area contributed by atoms with Crippen LogP contribution in [0.2, 0.25) is 0 Å². The van der Waals surface area contributed by atoms with Crippen LogP contribution >= 0.6 is 0 Å². The number of nitrogens with one attached hydrogen (secondary N) is 2. The number of hydrogen-bond donors (Lipinski definition) is 2. The van der Waals surface area contributed by atoms with Gasteiger partial charge in [0, 0.05) is 12.1 Å². The summed E-state index contributed by atoms with van der Waals surface area (Å²) >= 11 is 0. The van der Waals surface area contributed by atoms with E-state index in [1.54, 1.807) is 6.92 Å². The molecular formula is C16H24N2O2. The molecule has 1 saturated heterocycles. The Bertz CT molecular complexity index is 444. The zero-order chi connectivity index (χ0) is 14.5. The Balaban J connectivity index is 1.86. The standard InChI is InChI=1S/C16H24N2O2/c1-11-6-8-14(9-7-11)20-13(3)16(19)18-15-5-4-10-17-12(15)2/h6-9,12-13,15,17H,4-5,10H2,1-3H3,(H,18,19). The molecule has 1 heterocycles. The first-order valence-corrected chi connectivity index (χ1v) is 7.33. The smallest absolute Gasteiger partial charge is 0.261 e. The second-order valence-electron chi connectivity index (χ2n) is 5.57. The monoisotopic (exact) mass is 276 g/mol. The summed E-state index contributed by atoms with van der Waals surface area (Å²) in [5.41, 5.74) is 1.18. The van der Waals surface area contributed by atoms with Gasteiger partial charge >= 0.3 is 0 Å². The molecular weight excluding hydrogens is 252 g/mol. The highest BCUT2D eigenvalue weighted by atomic mass is 16.5. The third-order valence-electron chi connectivity index (χ3n) is 3.79. The van der Waals surface area contributed by atoms with Gasteiger partial charge in [0.2, 0.25) is 0 Å². The molecule has 1 fully saturated rings. The SMILES string of the molecule is Cc1ccc(OC(C)C(=O)NC2CCCNC2C)cc1. The van der Waals surface area contributed by atoms with Gasteiger partial charge in [0.15, 0.2) is 6.10 Å². The molecule has 2 rings (SSSR count). The average Bonchev–Trinajstić information content (AvgIpc) is 2.44. The fourth-order valence-electron chi connectivity index (χ4n) is 2.42. The largest absolute Gasteiger partial charge is 0.481 e.